The summed E-state index contributed by atoms with van der Waals surface area (Å²) in [6.07, 6.45) is 0. The number of hydrogen-bond donors (Lipinski definition) is 2. The lowest BCUT2D eigenvalue weighted by Gasteiger charge is -1.69. The van der Waals surface area contributed by atoms with Crippen LogP contribution in [0.5, 0.6) is 0 Å². The van der Waals surface area contributed by atoms with E-state index in [0.29, 0.717) is 0 Å². The highest BCUT2D eigenvalue weighted by Crippen LogP contribution is 1.69. The topological polar surface area (TPSA) is 71.4 Å². The van der Waals surface area contributed by atoms with E-state index in [9.17, 15) is 8.42 Å². The maximum absolute atomic E-state index is 9.23. The Morgan fingerprint density at radius 3 is 1.67 bits per heavy atom. The van der Waals surface area contributed by atoms with Crippen LogP contribution in [0.3, 0.4) is 0 Å². The summed E-state index contributed by atoms with van der Waals surface area (Å²) in [6.45, 7) is 0. The van der Waals surface area contributed by atoms with Gasteiger partial charge in [-0.3, -0.25) is 4.55 Å². The Labute approximate surface area is 37.8 Å². The molecule has 38 valence electrons. The molecule has 4 nitrogen and oxygen atoms in total. The lowest BCUT2D eigenvalue weighted by molar-refractivity contribution is 0.501. The zero-order chi connectivity index (χ0) is 5.21. The van der Waals surface area contributed by atoms with Crippen LogP contribution in [0.4, 0.5) is 0 Å². The minimum atomic E-state index is -4.25. The highest BCUT2D eigenvalue weighted by atomic mass is 33.1. The first-order chi connectivity index (χ1) is 2.56. The lowest BCUT2D eigenvalue weighted by Crippen LogP contribution is -1.90. The van der Waals surface area contributed by atoms with Crippen molar-refractivity contribution in [3.05, 3.63) is 0 Å². The second kappa shape index (κ2) is 1.67. The fourth-order valence-electron chi connectivity index (χ4n) is 0. The lowest BCUT2D eigenvalue weighted by atomic mass is 15.9. The Bertz CT molecular complexity index is 116. The third-order valence-corrected chi connectivity index (χ3v) is 0.848. The Morgan fingerprint density at radius 1 is 1.50 bits per heavy atom. The SMILES string of the molecule is O=[SH]S(=O)(=O)O. The monoisotopic (exact) mass is 130 g/mol. The first-order valence-electron chi connectivity index (χ1n) is 0.881. The zero-order valence-corrected chi connectivity index (χ0v) is 4.24. The van der Waals surface area contributed by atoms with Gasteiger partial charge >= 0.3 is 9.15 Å². The van der Waals surface area contributed by atoms with Crippen LogP contribution >= 0.6 is 0 Å². The molecule has 0 spiro atoms. The molecule has 0 saturated heterocycles. The maximum atomic E-state index is 9.23. The van der Waals surface area contributed by atoms with Crippen LogP contribution in [0.1, 0.15) is 0 Å². The van der Waals surface area contributed by atoms with E-state index in [4.69, 9.17) is 8.76 Å². The molecule has 6 heteroatoms. The number of thiol groups is 1. The largest absolute Gasteiger partial charge is 0.345 e. The Kier molecular flexibility index (Phi) is 1.69. The second-order valence-electron chi connectivity index (χ2n) is 0.522. The summed E-state index contributed by atoms with van der Waals surface area (Å²) in [5, 5.41) is 0. The summed E-state index contributed by atoms with van der Waals surface area (Å²) >= 11 is 0. The predicted octanol–water partition coefficient (Wildman–Crippen LogP) is -1.27. The Balaban J connectivity index is 4.25. The first-order valence-corrected chi connectivity index (χ1v) is 3.74. The molecule has 0 fully saturated rings. The molecule has 0 saturated carbocycles. The Hall–Kier alpha value is 0.0600. The van der Waals surface area contributed by atoms with Crippen molar-refractivity contribution in [1.82, 2.24) is 0 Å². The number of hydrogen-bond acceptors (Lipinski definition) is 3. The van der Waals surface area contributed by atoms with Crippen molar-refractivity contribution < 1.29 is 17.2 Å². The minimum absolute atomic E-state index is 1.25. The average molecular weight is 130 g/mol. The molecule has 6 heavy (non-hydrogen) atoms. The minimum Gasteiger partial charge on any atom is -0.276 e. The third-order valence-electron chi connectivity index (χ3n) is 0.0942. The van der Waals surface area contributed by atoms with E-state index < -0.39 is 19.8 Å². The summed E-state index contributed by atoms with van der Waals surface area (Å²) in [4.78, 5) is 0. The third kappa shape index (κ3) is 4.06. The van der Waals surface area contributed by atoms with E-state index in [1.807, 2.05) is 0 Å². The van der Waals surface area contributed by atoms with Crippen LogP contribution < -0.4 is 0 Å². The fraction of sp³-hybridized carbons (Fsp3) is 0. The van der Waals surface area contributed by atoms with Crippen molar-refractivity contribution >= 4 is 19.8 Å². The molecule has 0 unspecified atom stereocenters. The van der Waals surface area contributed by atoms with Gasteiger partial charge in [-0.05, 0) is 0 Å². The molecule has 0 amide bonds. The van der Waals surface area contributed by atoms with Crippen LogP contribution in [0.15, 0.2) is 0 Å². The van der Waals surface area contributed by atoms with Crippen molar-refractivity contribution in [3.8, 4) is 0 Å². The van der Waals surface area contributed by atoms with E-state index in [1.165, 1.54) is 0 Å². The molecule has 1 N–H and O–H groups in total. The van der Waals surface area contributed by atoms with Crippen molar-refractivity contribution in [1.29, 1.82) is 0 Å². The normalized spacial score (nSPS) is 11.5. The summed E-state index contributed by atoms with van der Waals surface area (Å²) in [7, 11) is -5.49. The smallest absolute Gasteiger partial charge is 0.276 e. The summed E-state index contributed by atoms with van der Waals surface area (Å²) in [6, 6.07) is 0. The van der Waals surface area contributed by atoms with Gasteiger partial charge in [-0.2, -0.15) is 8.42 Å². The molecular formula is H2O4S2. The molecule has 0 bridgehead atoms. The van der Waals surface area contributed by atoms with Gasteiger partial charge in [-0.1, -0.05) is 0 Å². The van der Waals surface area contributed by atoms with E-state index in [1.54, 1.807) is 0 Å². The van der Waals surface area contributed by atoms with Crippen LogP contribution in [0.25, 0.3) is 0 Å². The van der Waals surface area contributed by atoms with E-state index >= 15 is 0 Å². The first kappa shape index (κ1) is 6.06. The molecule has 0 aliphatic heterocycles. The molecule has 0 radical (unpaired) electrons. The molecule has 0 aromatic rings. The summed E-state index contributed by atoms with van der Waals surface area (Å²) < 4.78 is 35.0. The molecule has 0 aliphatic rings. The summed E-state index contributed by atoms with van der Waals surface area (Å²) in [5.41, 5.74) is 0. The summed E-state index contributed by atoms with van der Waals surface area (Å²) in [5.74, 6) is 0. The van der Waals surface area contributed by atoms with Gasteiger partial charge in [0.2, 0.25) is 0 Å². The zero-order valence-electron chi connectivity index (χ0n) is 2.53. The van der Waals surface area contributed by atoms with Gasteiger partial charge < -0.3 is 0 Å². The van der Waals surface area contributed by atoms with Crippen molar-refractivity contribution in [2.45, 2.75) is 0 Å². The Morgan fingerprint density at radius 2 is 1.67 bits per heavy atom. The van der Waals surface area contributed by atoms with E-state index in [0.717, 1.165) is 0 Å². The second-order valence-corrected chi connectivity index (χ2v) is 3.40. The van der Waals surface area contributed by atoms with Gasteiger partial charge in [0.1, 0.15) is 0 Å². The van der Waals surface area contributed by atoms with Crippen LogP contribution in [0, 0.1) is 0 Å². The highest BCUT2D eigenvalue weighted by molar-refractivity contribution is 8.53. The van der Waals surface area contributed by atoms with Gasteiger partial charge in [0, 0.05) is 0 Å². The predicted molar refractivity (Wildman–Crippen MR) is 21.1 cm³/mol. The number of rotatable bonds is 1. The van der Waals surface area contributed by atoms with Crippen LogP contribution in [0.2, 0.25) is 0 Å². The molecular weight excluding hydrogens is 128 g/mol. The standard InChI is InChI=1S/H2O4S2/c1-5-6(2,3)4/h5H,(H,2,3,4). The van der Waals surface area contributed by atoms with E-state index in [2.05, 4.69) is 0 Å². The molecule has 0 atom stereocenters. The van der Waals surface area contributed by atoms with Crippen LogP contribution in [-0.2, 0) is 19.8 Å². The van der Waals surface area contributed by atoms with Gasteiger partial charge in [-0.25, -0.2) is 4.21 Å². The van der Waals surface area contributed by atoms with Gasteiger partial charge in [0.25, 0.3) is 0 Å². The molecule has 0 heterocycles. The highest BCUT2D eigenvalue weighted by Gasteiger charge is 1.92. The van der Waals surface area contributed by atoms with Crippen molar-refractivity contribution in [2.75, 3.05) is 0 Å². The van der Waals surface area contributed by atoms with Gasteiger partial charge in [0.15, 0.2) is 10.7 Å². The fourth-order valence-corrected chi connectivity index (χ4v) is 0. The average Bonchev–Trinajstić information content (AvgIpc) is 1.35. The molecule has 0 aliphatic carbocycles. The van der Waals surface area contributed by atoms with Gasteiger partial charge in [0.05, 0.1) is 0 Å². The molecule has 0 rings (SSSR count). The van der Waals surface area contributed by atoms with Crippen molar-refractivity contribution in [3.63, 3.8) is 0 Å². The molecule has 0 aromatic heterocycles. The maximum Gasteiger partial charge on any atom is 0.345 e. The van der Waals surface area contributed by atoms with Crippen molar-refractivity contribution in [2.24, 2.45) is 0 Å². The van der Waals surface area contributed by atoms with E-state index in [-0.39, 0.29) is 0 Å². The van der Waals surface area contributed by atoms with Crippen LogP contribution in [-0.4, -0.2) is 17.2 Å². The molecule has 0 aromatic carbocycles. The van der Waals surface area contributed by atoms with Gasteiger partial charge in [-0.15, -0.1) is 0 Å². The quantitative estimate of drug-likeness (QED) is 0.264.